The van der Waals surface area contributed by atoms with E-state index in [9.17, 15) is 14.4 Å². The maximum atomic E-state index is 12.5. The molecule has 4 atom stereocenters. The van der Waals surface area contributed by atoms with Gasteiger partial charge in [0.15, 0.2) is 6.61 Å². The van der Waals surface area contributed by atoms with Crippen molar-refractivity contribution in [3.8, 4) is 0 Å². The van der Waals surface area contributed by atoms with Gasteiger partial charge in [-0.15, -0.1) is 0 Å². The lowest BCUT2D eigenvalue weighted by atomic mass is 9.77. The molecule has 2 aliphatic rings. The van der Waals surface area contributed by atoms with Crippen molar-refractivity contribution in [1.29, 1.82) is 0 Å². The number of benzene rings is 1. The molecule has 28 heavy (non-hydrogen) atoms. The topological polar surface area (TPSA) is 75.7 Å². The van der Waals surface area contributed by atoms with E-state index in [-0.39, 0.29) is 30.9 Å². The summed E-state index contributed by atoms with van der Waals surface area (Å²) in [7, 11) is 0. The van der Waals surface area contributed by atoms with Crippen LogP contribution in [0.25, 0.3) is 0 Å². The lowest BCUT2D eigenvalue weighted by Crippen LogP contribution is -2.45. The molecule has 0 unspecified atom stereocenters. The summed E-state index contributed by atoms with van der Waals surface area (Å²) in [6, 6.07) is 9.75. The zero-order valence-corrected chi connectivity index (χ0v) is 16.7. The van der Waals surface area contributed by atoms with E-state index in [4.69, 9.17) is 4.74 Å². The minimum absolute atomic E-state index is 0.0291. The van der Waals surface area contributed by atoms with E-state index in [2.05, 4.69) is 19.2 Å². The second kappa shape index (κ2) is 9.22. The number of nitrogens with one attached hydrogen (secondary N) is 1. The van der Waals surface area contributed by atoms with Crippen molar-refractivity contribution in [2.24, 2.45) is 17.8 Å². The molecule has 1 heterocycles. The molecule has 6 heteroatoms. The smallest absolute Gasteiger partial charge is 0.311 e. The number of rotatable bonds is 6. The van der Waals surface area contributed by atoms with Crippen molar-refractivity contribution in [2.45, 2.75) is 52.1 Å². The van der Waals surface area contributed by atoms with E-state index in [0.29, 0.717) is 24.9 Å². The fraction of sp³-hybridized carbons (Fsp3) is 0.591. The highest BCUT2D eigenvalue weighted by Crippen LogP contribution is 2.35. The van der Waals surface area contributed by atoms with Crippen LogP contribution in [-0.2, 0) is 25.7 Å². The van der Waals surface area contributed by atoms with Crippen LogP contribution in [0.4, 0.5) is 0 Å². The fourth-order valence-electron chi connectivity index (χ4n) is 4.31. The molecule has 1 aromatic carbocycles. The zero-order valence-electron chi connectivity index (χ0n) is 16.7. The Morgan fingerprint density at radius 2 is 1.93 bits per heavy atom. The Balaban J connectivity index is 1.44. The third-order valence-electron chi connectivity index (χ3n) is 6.23. The monoisotopic (exact) mass is 386 g/mol. The number of nitrogens with zero attached hydrogens (tertiary/aromatic N) is 1. The van der Waals surface area contributed by atoms with Gasteiger partial charge in [0, 0.05) is 25.6 Å². The lowest BCUT2D eigenvalue weighted by Gasteiger charge is -2.39. The second-order valence-corrected chi connectivity index (χ2v) is 8.15. The lowest BCUT2D eigenvalue weighted by molar-refractivity contribution is -0.152. The third-order valence-corrected chi connectivity index (χ3v) is 6.23. The van der Waals surface area contributed by atoms with Crippen molar-refractivity contribution >= 4 is 17.8 Å². The summed E-state index contributed by atoms with van der Waals surface area (Å²) >= 11 is 0. The van der Waals surface area contributed by atoms with Crippen LogP contribution in [0.1, 0.15) is 45.1 Å². The van der Waals surface area contributed by atoms with Crippen molar-refractivity contribution in [2.75, 3.05) is 13.2 Å². The van der Waals surface area contributed by atoms with E-state index < -0.39 is 11.9 Å². The molecule has 1 aliphatic heterocycles. The molecule has 1 N–H and O–H groups in total. The molecule has 6 nitrogen and oxygen atoms in total. The highest BCUT2D eigenvalue weighted by Gasteiger charge is 2.42. The maximum Gasteiger partial charge on any atom is 0.311 e. The first-order chi connectivity index (χ1) is 13.5. The molecule has 152 valence electrons. The highest BCUT2D eigenvalue weighted by molar-refractivity contribution is 5.88. The van der Waals surface area contributed by atoms with Crippen molar-refractivity contribution in [3.05, 3.63) is 35.9 Å². The summed E-state index contributed by atoms with van der Waals surface area (Å²) < 4.78 is 5.18. The van der Waals surface area contributed by atoms with Crippen LogP contribution in [0.3, 0.4) is 0 Å². The quantitative estimate of drug-likeness (QED) is 0.763. The first kappa shape index (κ1) is 20.4. The van der Waals surface area contributed by atoms with Crippen molar-refractivity contribution < 1.29 is 19.1 Å². The molecule has 0 radical (unpaired) electrons. The van der Waals surface area contributed by atoms with Gasteiger partial charge in [0.1, 0.15) is 0 Å². The van der Waals surface area contributed by atoms with Crippen LogP contribution in [0.15, 0.2) is 30.3 Å². The van der Waals surface area contributed by atoms with Gasteiger partial charge in [0.25, 0.3) is 5.91 Å². The fourth-order valence-corrected chi connectivity index (χ4v) is 4.31. The second-order valence-electron chi connectivity index (χ2n) is 8.15. The van der Waals surface area contributed by atoms with E-state index >= 15 is 0 Å². The first-order valence-electron chi connectivity index (χ1n) is 10.2. The van der Waals surface area contributed by atoms with Gasteiger partial charge in [-0.05, 0) is 23.8 Å². The SMILES string of the molecule is C[C@@H]1[C@@H](C)CCC[C@@H]1N1C[C@H](C(=O)OCC(=O)NCc2ccccc2)CC1=O. The molecule has 0 spiro atoms. The first-order valence-corrected chi connectivity index (χ1v) is 10.2. The predicted octanol–water partition coefficient (Wildman–Crippen LogP) is 2.52. The minimum atomic E-state index is -0.473. The predicted molar refractivity (Wildman–Crippen MR) is 105 cm³/mol. The maximum absolute atomic E-state index is 12.5. The summed E-state index contributed by atoms with van der Waals surface area (Å²) in [5.41, 5.74) is 0.982. The van der Waals surface area contributed by atoms with E-state index in [1.54, 1.807) is 0 Å². The molecule has 1 aliphatic carbocycles. The Bertz CT molecular complexity index is 706. The molecular weight excluding hydrogens is 356 g/mol. The number of hydrogen-bond donors (Lipinski definition) is 1. The summed E-state index contributed by atoms with van der Waals surface area (Å²) in [6.45, 7) is 4.92. The number of amides is 2. The van der Waals surface area contributed by atoms with Gasteiger partial charge in [-0.25, -0.2) is 0 Å². The minimum Gasteiger partial charge on any atom is -0.455 e. The Labute approximate surface area is 166 Å². The van der Waals surface area contributed by atoms with Gasteiger partial charge in [0.05, 0.1) is 5.92 Å². The molecule has 2 amide bonds. The largest absolute Gasteiger partial charge is 0.455 e. The average molecular weight is 386 g/mol. The Hall–Kier alpha value is -2.37. The molecule has 1 saturated carbocycles. The van der Waals surface area contributed by atoms with Gasteiger partial charge in [-0.2, -0.15) is 0 Å². The Kier molecular flexibility index (Phi) is 6.70. The van der Waals surface area contributed by atoms with Crippen LogP contribution in [0.5, 0.6) is 0 Å². The van der Waals surface area contributed by atoms with Gasteiger partial charge in [-0.3, -0.25) is 14.4 Å². The number of carbonyl (C=O) groups is 3. The molecule has 3 rings (SSSR count). The molecule has 0 bridgehead atoms. The van der Waals surface area contributed by atoms with Crippen LogP contribution >= 0.6 is 0 Å². The van der Waals surface area contributed by atoms with Gasteiger partial charge in [-0.1, -0.05) is 57.0 Å². The number of likely N-dealkylation sites (tertiary alicyclic amines) is 1. The van der Waals surface area contributed by atoms with Gasteiger partial charge in [0.2, 0.25) is 5.91 Å². The summed E-state index contributed by atoms with van der Waals surface area (Å²) in [5.74, 6) is -0.210. The molecule has 1 saturated heterocycles. The zero-order chi connectivity index (χ0) is 20.1. The van der Waals surface area contributed by atoms with E-state index in [1.807, 2.05) is 35.2 Å². The number of hydrogen-bond acceptors (Lipinski definition) is 4. The molecule has 0 aromatic heterocycles. The van der Waals surface area contributed by atoms with E-state index in [1.165, 1.54) is 6.42 Å². The number of ether oxygens (including phenoxy) is 1. The van der Waals surface area contributed by atoms with Crippen LogP contribution < -0.4 is 5.32 Å². The standard InChI is InChI=1S/C22H30N2O4/c1-15-7-6-10-19(16(15)2)24-13-18(11-21(24)26)22(27)28-14-20(25)23-12-17-8-4-3-5-9-17/h3-5,8-9,15-16,18-19H,6-7,10-14H2,1-2H3,(H,23,25)/t15-,16+,18+,19-/m0/s1. The van der Waals surface area contributed by atoms with Crippen molar-refractivity contribution in [1.82, 2.24) is 10.2 Å². The van der Waals surface area contributed by atoms with Crippen LogP contribution in [0, 0.1) is 17.8 Å². The van der Waals surface area contributed by atoms with E-state index in [0.717, 1.165) is 18.4 Å². The highest BCUT2D eigenvalue weighted by atomic mass is 16.5. The summed E-state index contributed by atoms with van der Waals surface area (Å²) in [5, 5.41) is 2.73. The van der Waals surface area contributed by atoms with Crippen molar-refractivity contribution in [3.63, 3.8) is 0 Å². The van der Waals surface area contributed by atoms with Gasteiger partial charge >= 0.3 is 5.97 Å². The molecule has 1 aromatic rings. The molecular formula is C22H30N2O4. The van der Waals surface area contributed by atoms with Crippen LogP contribution in [0.2, 0.25) is 0 Å². The molecule has 2 fully saturated rings. The Morgan fingerprint density at radius 1 is 1.18 bits per heavy atom. The summed E-state index contributed by atoms with van der Waals surface area (Å²) in [6.07, 6.45) is 3.50. The van der Waals surface area contributed by atoms with Crippen LogP contribution in [-0.4, -0.2) is 41.9 Å². The average Bonchev–Trinajstić information content (AvgIpc) is 3.09. The third kappa shape index (κ3) is 4.91. The van der Waals surface area contributed by atoms with Gasteiger partial charge < -0.3 is 15.0 Å². The Morgan fingerprint density at radius 3 is 2.68 bits per heavy atom. The normalized spacial score (nSPS) is 27.5. The number of carbonyl (C=O) groups excluding carboxylic acids is 3. The summed E-state index contributed by atoms with van der Waals surface area (Å²) in [4.78, 5) is 38.6. The number of esters is 1.